The summed E-state index contributed by atoms with van der Waals surface area (Å²) in [4.78, 5) is 8.32. The van der Waals surface area contributed by atoms with Crippen LogP contribution in [0.15, 0.2) is 24.7 Å². The molecule has 0 aliphatic heterocycles. The number of aryl methyl sites for hydroxylation is 1. The Bertz CT molecular complexity index is 543. The van der Waals surface area contributed by atoms with Crippen LogP contribution in [0.25, 0.3) is 0 Å². The van der Waals surface area contributed by atoms with Gasteiger partial charge in [-0.2, -0.15) is 10.4 Å². The number of nitrogens with zero attached hydrogens (tertiary/aromatic N) is 5. The van der Waals surface area contributed by atoms with Gasteiger partial charge in [-0.1, -0.05) is 0 Å². The smallest absolute Gasteiger partial charge is 0.166 e. The highest BCUT2D eigenvalue weighted by Crippen LogP contribution is 2.09. The Kier molecular flexibility index (Phi) is 3.21. The molecule has 2 aromatic rings. The molecule has 2 aromatic heterocycles. The van der Waals surface area contributed by atoms with E-state index in [1.54, 1.807) is 18.5 Å². The van der Waals surface area contributed by atoms with Crippen molar-refractivity contribution >= 4 is 5.82 Å². The molecule has 17 heavy (non-hydrogen) atoms. The van der Waals surface area contributed by atoms with Crippen LogP contribution in [0.5, 0.6) is 0 Å². The lowest BCUT2D eigenvalue weighted by atomic mass is 10.3. The van der Waals surface area contributed by atoms with Crippen molar-refractivity contribution in [3.8, 4) is 6.07 Å². The van der Waals surface area contributed by atoms with E-state index >= 15 is 0 Å². The van der Waals surface area contributed by atoms with E-state index < -0.39 is 0 Å². The Balaban J connectivity index is 2.08. The van der Waals surface area contributed by atoms with E-state index in [0.29, 0.717) is 17.9 Å². The normalized spacial score (nSPS) is 9.65. The number of anilines is 1. The van der Waals surface area contributed by atoms with Crippen LogP contribution in [0.1, 0.15) is 17.0 Å². The third-order valence-electron chi connectivity index (χ3n) is 2.11. The quantitative estimate of drug-likeness (QED) is 0.841. The zero-order chi connectivity index (χ0) is 12.1. The van der Waals surface area contributed by atoms with Gasteiger partial charge in [0.05, 0.1) is 35.9 Å². The lowest BCUT2D eigenvalue weighted by molar-refractivity contribution is 0.950. The molecule has 0 saturated heterocycles. The van der Waals surface area contributed by atoms with Crippen LogP contribution < -0.4 is 5.32 Å². The molecule has 2 heterocycles. The van der Waals surface area contributed by atoms with Crippen LogP contribution in [-0.4, -0.2) is 20.2 Å². The fourth-order valence-corrected chi connectivity index (χ4v) is 1.24. The van der Waals surface area contributed by atoms with Crippen LogP contribution >= 0.6 is 0 Å². The van der Waals surface area contributed by atoms with E-state index in [0.717, 1.165) is 11.4 Å². The van der Waals surface area contributed by atoms with Gasteiger partial charge in [0.2, 0.25) is 0 Å². The summed E-state index contributed by atoms with van der Waals surface area (Å²) in [7, 11) is 0. The lowest BCUT2D eigenvalue weighted by Gasteiger charge is -2.05. The third kappa shape index (κ3) is 2.72. The molecular formula is C11H10N6. The van der Waals surface area contributed by atoms with Gasteiger partial charge < -0.3 is 5.32 Å². The first-order valence-corrected chi connectivity index (χ1v) is 5.03. The molecule has 0 aliphatic rings. The standard InChI is InChI=1S/C11H10N6/c1-8-5-14-10(6-13-8)7-15-11-9(4-12)2-3-16-17-11/h2-3,5-6H,7H2,1H3,(H,15,17). The second-order valence-corrected chi connectivity index (χ2v) is 3.41. The topological polar surface area (TPSA) is 87.4 Å². The second-order valence-electron chi connectivity index (χ2n) is 3.41. The van der Waals surface area contributed by atoms with E-state index in [-0.39, 0.29) is 0 Å². The first-order chi connectivity index (χ1) is 8.29. The van der Waals surface area contributed by atoms with E-state index in [2.05, 4.69) is 25.5 Å². The molecule has 0 atom stereocenters. The monoisotopic (exact) mass is 226 g/mol. The van der Waals surface area contributed by atoms with E-state index in [1.807, 2.05) is 13.0 Å². The van der Waals surface area contributed by atoms with Crippen LogP contribution in [0.2, 0.25) is 0 Å². The molecule has 0 aliphatic carbocycles. The molecule has 84 valence electrons. The first-order valence-electron chi connectivity index (χ1n) is 5.03. The van der Waals surface area contributed by atoms with Gasteiger partial charge in [0, 0.05) is 6.20 Å². The van der Waals surface area contributed by atoms with Crippen LogP contribution in [0.3, 0.4) is 0 Å². The van der Waals surface area contributed by atoms with Crippen molar-refractivity contribution in [3.05, 3.63) is 41.6 Å². The number of aromatic nitrogens is 4. The number of nitrogens with one attached hydrogen (secondary N) is 1. The van der Waals surface area contributed by atoms with Gasteiger partial charge in [-0.05, 0) is 13.0 Å². The van der Waals surface area contributed by atoms with Crippen molar-refractivity contribution in [1.29, 1.82) is 5.26 Å². The predicted octanol–water partition coefficient (Wildman–Crippen LogP) is 1.06. The van der Waals surface area contributed by atoms with Crippen LogP contribution in [0.4, 0.5) is 5.82 Å². The molecule has 0 spiro atoms. The Morgan fingerprint density at radius 2 is 2.24 bits per heavy atom. The summed E-state index contributed by atoms with van der Waals surface area (Å²) in [6.45, 7) is 2.33. The Morgan fingerprint density at radius 1 is 1.35 bits per heavy atom. The maximum absolute atomic E-state index is 8.87. The lowest BCUT2D eigenvalue weighted by Crippen LogP contribution is -2.06. The number of hydrogen-bond acceptors (Lipinski definition) is 6. The van der Waals surface area contributed by atoms with Crippen molar-refractivity contribution < 1.29 is 0 Å². The molecule has 0 saturated carbocycles. The average molecular weight is 226 g/mol. The molecule has 0 unspecified atom stereocenters. The van der Waals surface area contributed by atoms with E-state index in [9.17, 15) is 0 Å². The fraction of sp³-hybridized carbons (Fsp3) is 0.182. The molecule has 6 nitrogen and oxygen atoms in total. The van der Waals surface area contributed by atoms with Crippen molar-refractivity contribution in [2.24, 2.45) is 0 Å². The van der Waals surface area contributed by atoms with E-state index in [4.69, 9.17) is 5.26 Å². The first kappa shape index (κ1) is 11.0. The molecule has 0 bridgehead atoms. The van der Waals surface area contributed by atoms with Crippen LogP contribution in [-0.2, 0) is 6.54 Å². The van der Waals surface area contributed by atoms with Crippen molar-refractivity contribution in [2.45, 2.75) is 13.5 Å². The third-order valence-corrected chi connectivity index (χ3v) is 2.11. The van der Waals surface area contributed by atoms with Gasteiger partial charge >= 0.3 is 0 Å². The summed E-state index contributed by atoms with van der Waals surface area (Å²) >= 11 is 0. The highest BCUT2D eigenvalue weighted by atomic mass is 15.2. The largest absolute Gasteiger partial charge is 0.362 e. The van der Waals surface area contributed by atoms with Gasteiger partial charge in [0.1, 0.15) is 6.07 Å². The fourth-order valence-electron chi connectivity index (χ4n) is 1.24. The average Bonchev–Trinajstić information content (AvgIpc) is 2.38. The summed E-state index contributed by atoms with van der Waals surface area (Å²) in [6, 6.07) is 3.65. The molecule has 0 radical (unpaired) electrons. The van der Waals surface area contributed by atoms with E-state index in [1.165, 1.54) is 6.20 Å². The Morgan fingerprint density at radius 3 is 2.94 bits per heavy atom. The minimum absolute atomic E-state index is 0.456. The Labute approximate surface area is 98.4 Å². The second kappa shape index (κ2) is 4.99. The summed E-state index contributed by atoms with van der Waals surface area (Å²) in [5.41, 5.74) is 2.11. The highest BCUT2D eigenvalue weighted by Gasteiger charge is 2.03. The number of nitriles is 1. The molecule has 0 fully saturated rings. The summed E-state index contributed by atoms with van der Waals surface area (Å²) < 4.78 is 0. The zero-order valence-electron chi connectivity index (χ0n) is 9.25. The van der Waals surface area contributed by atoms with Crippen molar-refractivity contribution in [1.82, 2.24) is 20.2 Å². The highest BCUT2D eigenvalue weighted by molar-refractivity contribution is 5.50. The van der Waals surface area contributed by atoms with Gasteiger partial charge in [0.25, 0.3) is 0 Å². The summed E-state index contributed by atoms with van der Waals surface area (Å²) in [6.07, 6.45) is 4.86. The molecule has 0 amide bonds. The van der Waals surface area contributed by atoms with Crippen molar-refractivity contribution in [3.63, 3.8) is 0 Å². The molecule has 6 heteroatoms. The molecule has 1 N–H and O–H groups in total. The number of hydrogen-bond donors (Lipinski definition) is 1. The SMILES string of the molecule is Cc1cnc(CNc2nnccc2C#N)cn1. The summed E-state index contributed by atoms with van der Waals surface area (Å²) in [5, 5.41) is 19.4. The van der Waals surface area contributed by atoms with Gasteiger partial charge in [-0.3, -0.25) is 9.97 Å². The number of rotatable bonds is 3. The minimum atomic E-state index is 0.456. The maximum Gasteiger partial charge on any atom is 0.166 e. The zero-order valence-corrected chi connectivity index (χ0v) is 9.25. The van der Waals surface area contributed by atoms with Crippen molar-refractivity contribution in [2.75, 3.05) is 5.32 Å². The minimum Gasteiger partial charge on any atom is -0.362 e. The predicted molar refractivity (Wildman–Crippen MR) is 60.8 cm³/mol. The van der Waals surface area contributed by atoms with Gasteiger partial charge in [-0.25, -0.2) is 0 Å². The molecular weight excluding hydrogens is 216 g/mol. The maximum atomic E-state index is 8.87. The van der Waals surface area contributed by atoms with Gasteiger partial charge in [0.15, 0.2) is 5.82 Å². The van der Waals surface area contributed by atoms with Gasteiger partial charge in [-0.15, -0.1) is 5.10 Å². The molecule has 2 rings (SSSR count). The Hall–Kier alpha value is -2.55. The molecule has 0 aromatic carbocycles. The summed E-state index contributed by atoms with van der Waals surface area (Å²) in [5.74, 6) is 0.456. The van der Waals surface area contributed by atoms with Crippen LogP contribution in [0, 0.1) is 18.3 Å².